The summed E-state index contributed by atoms with van der Waals surface area (Å²) in [6.07, 6.45) is 0.769. The number of esters is 1. The molecule has 0 spiro atoms. The summed E-state index contributed by atoms with van der Waals surface area (Å²) in [5.41, 5.74) is 2.30. The van der Waals surface area contributed by atoms with Crippen LogP contribution in [0.2, 0.25) is 0 Å². The van der Waals surface area contributed by atoms with Gasteiger partial charge < -0.3 is 9.47 Å². The van der Waals surface area contributed by atoms with Crippen molar-refractivity contribution in [1.29, 1.82) is 0 Å². The molecule has 0 fully saturated rings. The number of benzene rings is 1. The topological polar surface area (TPSA) is 35.5 Å². The second-order valence-electron chi connectivity index (χ2n) is 5.86. The van der Waals surface area contributed by atoms with Crippen molar-refractivity contribution in [3.8, 4) is 5.75 Å². The first-order valence-electron chi connectivity index (χ1n) is 6.66. The monoisotopic (exact) mass is 298 g/mol. The molecule has 1 unspecified atom stereocenters. The zero-order chi connectivity index (χ0) is 15.3. The predicted octanol–water partition coefficient (Wildman–Crippen LogP) is 3.71. The summed E-state index contributed by atoms with van der Waals surface area (Å²) >= 11 is 6.23. The maximum absolute atomic E-state index is 11.3. The normalized spacial score (nSPS) is 12.9. The van der Waals surface area contributed by atoms with E-state index in [1.54, 1.807) is 7.11 Å². The summed E-state index contributed by atoms with van der Waals surface area (Å²) in [5, 5.41) is -0.299. The van der Waals surface area contributed by atoms with E-state index in [1.807, 2.05) is 6.07 Å². The van der Waals surface area contributed by atoms with Crippen molar-refractivity contribution in [2.24, 2.45) is 0 Å². The van der Waals surface area contributed by atoms with Gasteiger partial charge >= 0.3 is 5.97 Å². The molecule has 0 aliphatic heterocycles. The molecule has 0 aromatic heterocycles. The third kappa shape index (κ3) is 4.71. The second kappa shape index (κ2) is 6.98. The average Bonchev–Trinajstić information content (AvgIpc) is 2.37. The van der Waals surface area contributed by atoms with E-state index in [9.17, 15) is 4.79 Å². The number of carbonyl (C=O) groups is 1. The molecule has 0 bridgehead atoms. The first kappa shape index (κ1) is 16.8. The quantitative estimate of drug-likeness (QED) is 0.614. The smallest absolute Gasteiger partial charge is 0.307 e. The van der Waals surface area contributed by atoms with Crippen LogP contribution in [0.3, 0.4) is 0 Å². The summed E-state index contributed by atoms with van der Waals surface area (Å²) in [7, 11) is 3.01. The molecule has 20 heavy (non-hydrogen) atoms. The van der Waals surface area contributed by atoms with E-state index >= 15 is 0 Å². The molecule has 1 aromatic carbocycles. The van der Waals surface area contributed by atoms with E-state index in [2.05, 4.69) is 37.6 Å². The molecule has 4 heteroatoms. The Morgan fingerprint density at radius 2 is 1.95 bits per heavy atom. The van der Waals surface area contributed by atoms with Crippen LogP contribution in [0, 0.1) is 0 Å². The second-order valence-corrected chi connectivity index (χ2v) is 6.48. The molecule has 0 heterocycles. The molecule has 0 radical (unpaired) electrons. The molecule has 1 aromatic rings. The molecular weight excluding hydrogens is 276 g/mol. The SMILES string of the molecule is COC(=O)CC(Cl)Cc1cc(C(C)(C)C)ccc1OC. The summed E-state index contributed by atoms with van der Waals surface area (Å²) in [5.74, 6) is 0.504. The number of methoxy groups -OCH3 is 2. The molecule has 1 rings (SSSR count). The standard InChI is InChI=1S/C16H23ClO3/c1-16(2,3)12-6-7-14(19-4)11(8-12)9-13(17)10-15(18)20-5/h6-8,13H,9-10H2,1-5H3. The fraction of sp³-hybridized carbons (Fsp3) is 0.562. The lowest BCUT2D eigenvalue weighted by atomic mass is 9.85. The van der Waals surface area contributed by atoms with Crippen molar-refractivity contribution in [2.45, 2.75) is 44.4 Å². The number of rotatable bonds is 5. The van der Waals surface area contributed by atoms with Gasteiger partial charge in [0.2, 0.25) is 0 Å². The van der Waals surface area contributed by atoms with Gasteiger partial charge in [0.1, 0.15) is 5.75 Å². The van der Waals surface area contributed by atoms with Gasteiger partial charge in [-0.05, 0) is 29.0 Å². The van der Waals surface area contributed by atoms with E-state index in [0.29, 0.717) is 6.42 Å². The van der Waals surface area contributed by atoms with Crippen molar-refractivity contribution in [2.75, 3.05) is 14.2 Å². The third-order valence-electron chi connectivity index (χ3n) is 3.20. The minimum Gasteiger partial charge on any atom is -0.496 e. The molecule has 1 atom stereocenters. The minimum atomic E-state index is -0.299. The van der Waals surface area contributed by atoms with Crippen LogP contribution < -0.4 is 4.74 Å². The first-order chi connectivity index (χ1) is 9.27. The molecular formula is C16H23ClO3. The van der Waals surface area contributed by atoms with Crippen LogP contribution in [0.5, 0.6) is 5.75 Å². The van der Waals surface area contributed by atoms with Gasteiger partial charge in [-0.3, -0.25) is 4.79 Å². The van der Waals surface area contributed by atoms with Crippen molar-refractivity contribution in [3.05, 3.63) is 29.3 Å². The largest absolute Gasteiger partial charge is 0.496 e. The van der Waals surface area contributed by atoms with Crippen LogP contribution in [0.4, 0.5) is 0 Å². The molecule has 0 aliphatic carbocycles. The highest BCUT2D eigenvalue weighted by molar-refractivity contribution is 6.21. The van der Waals surface area contributed by atoms with Crippen LogP contribution in [-0.4, -0.2) is 25.6 Å². The Morgan fingerprint density at radius 3 is 2.45 bits per heavy atom. The van der Waals surface area contributed by atoms with Gasteiger partial charge in [0, 0.05) is 5.38 Å². The van der Waals surface area contributed by atoms with Crippen LogP contribution in [0.15, 0.2) is 18.2 Å². The van der Waals surface area contributed by atoms with Gasteiger partial charge in [0.15, 0.2) is 0 Å². The number of carbonyl (C=O) groups excluding carboxylic acids is 1. The van der Waals surface area contributed by atoms with Crippen LogP contribution in [-0.2, 0) is 21.4 Å². The Kier molecular flexibility index (Phi) is 5.88. The van der Waals surface area contributed by atoms with Crippen LogP contribution in [0.25, 0.3) is 0 Å². The lowest BCUT2D eigenvalue weighted by Crippen LogP contribution is -2.15. The molecule has 0 aliphatic rings. The van der Waals surface area contributed by atoms with E-state index in [0.717, 1.165) is 11.3 Å². The maximum atomic E-state index is 11.3. The van der Waals surface area contributed by atoms with Crippen LogP contribution in [0.1, 0.15) is 38.3 Å². The zero-order valence-corrected chi connectivity index (χ0v) is 13.6. The lowest BCUT2D eigenvalue weighted by Gasteiger charge is -2.21. The Balaban J connectivity index is 2.94. The van der Waals surface area contributed by atoms with Gasteiger partial charge in [-0.15, -0.1) is 11.6 Å². The fourth-order valence-corrected chi connectivity index (χ4v) is 2.27. The van der Waals surface area contributed by atoms with Gasteiger partial charge in [-0.25, -0.2) is 0 Å². The summed E-state index contributed by atoms with van der Waals surface area (Å²) in [6.45, 7) is 6.47. The van der Waals surface area contributed by atoms with Crippen molar-refractivity contribution in [3.63, 3.8) is 0 Å². The summed E-state index contributed by atoms with van der Waals surface area (Å²) < 4.78 is 10.0. The van der Waals surface area contributed by atoms with Crippen molar-refractivity contribution in [1.82, 2.24) is 0 Å². The summed E-state index contributed by atoms with van der Waals surface area (Å²) in [4.78, 5) is 11.3. The predicted molar refractivity (Wildman–Crippen MR) is 81.7 cm³/mol. The van der Waals surface area contributed by atoms with E-state index in [4.69, 9.17) is 16.3 Å². The maximum Gasteiger partial charge on any atom is 0.307 e. The number of alkyl halides is 1. The lowest BCUT2D eigenvalue weighted by molar-refractivity contribution is -0.140. The van der Waals surface area contributed by atoms with Gasteiger partial charge in [0.05, 0.1) is 20.6 Å². The van der Waals surface area contributed by atoms with Crippen molar-refractivity contribution < 1.29 is 14.3 Å². The molecule has 0 saturated carbocycles. The fourth-order valence-electron chi connectivity index (χ4n) is 1.98. The number of halogens is 1. The Morgan fingerprint density at radius 1 is 1.30 bits per heavy atom. The van der Waals surface area contributed by atoms with E-state index in [1.165, 1.54) is 12.7 Å². The highest BCUT2D eigenvalue weighted by Crippen LogP contribution is 2.29. The van der Waals surface area contributed by atoms with E-state index in [-0.39, 0.29) is 23.2 Å². The number of hydrogen-bond donors (Lipinski definition) is 0. The highest BCUT2D eigenvalue weighted by Gasteiger charge is 2.19. The zero-order valence-electron chi connectivity index (χ0n) is 12.8. The molecule has 112 valence electrons. The Labute approximate surface area is 126 Å². The molecule has 0 saturated heterocycles. The van der Waals surface area contributed by atoms with Crippen LogP contribution >= 0.6 is 11.6 Å². The highest BCUT2D eigenvalue weighted by atomic mass is 35.5. The molecule has 0 amide bonds. The molecule has 0 N–H and O–H groups in total. The van der Waals surface area contributed by atoms with E-state index < -0.39 is 0 Å². The Hall–Kier alpha value is -1.22. The minimum absolute atomic E-state index is 0.0607. The Bertz CT molecular complexity index is 463. The van der Waals surface area contributed by atoms with Gasteiger partial charge in [0.25, 0.3) is 0 Å². The first-order valence-corrected chi connectivity index (χ1v) is 7.10. The van der Waals surface area contributed by atoms with Gasteiger partial charge in [-0.1, -0.05) is 32.9 Å². The van der Waals surface area contributed by atoms with Gasteiger partial charge in [-0.2, -0.15) is 0 Å². The van der Waals surface area contributed by atoms with Crippen molar-refractivity contribution >= 4 is 17.6 Å². The number of hydrogen-bond acceptors (Lipinski definition) is 3. The number of ether oxygens (including phenoxy) is 2. The summed E-state index contributed by atoms with van der Waals surface area (Å²) in [6, 6.07) is 6.12. The third-order valence-corrected chi connectivity index (χ3v) is 3.51. The average molecular weight is 299 g/mol. The molecule has 3 nitrogen and oxygen atoms in total.